The van der Waals surface area contributed by atoms with Gasteiger partial charge in [0, 0.05) is 18.6 Å². The monoisotopic (exact) mass is 187 g/mol. The van der Waals surface area contributed by atoms with Gasteiger partial charge >= 0.3 is 5.69 Å². The van der Waals surface area contributed by atoms with Crippen molar-refractivity contribution in [2.24, 2.45) is 0 Å². The van der Waals surface area contributed by atoms with Crippen LogP contribution in [0, 0.1) is 0 Å². The Labute approximate surface area is 75.0 Å². The summed E-state index contributed by atoms with van der Waals surface area (Å²) in [6.45, 7) is 0.593. The Morgan fingerprint density at radius 3 is 3.00 bits per heavy atom. The molecule has 1 aromatic heterocycles. The third kappa shape index (κ3) is 2.23. The van der Waals surface area contributed by atoms with Gasteiger partial charge in [0.15, 0.2) is 0 Å². The van der Waals surface area contributed by atoms with Gasteiger partial charge < -0.3 is 5.73 Å². The van der Waals surface area contributed by atoms with Crippen molar-refractivity contribution < 1.29 is 0 Å². The highest BCUT2D eigenvalue weighted by Gasteiger charge is 1.95. The Balaban J connectivity index is 2.80. The zero-order chi connectivity index (χ0) is 8.97. The maximum atomic E-state index is 11.1. The van der Waals surface area contributed by atoms with E-state index in [0.29, 0.717) is 12.4 Å². The zero-order valence-electron chi connectivity index (χ0n) is 6.53. The molecule has 0 unspecified atom stereocenters. The minimum atomic E-state index is -0.319. The average molecular weight is 188 g/mol. The third-order valence-electron chi connectivity index (χ3n) is 1.43. The van der Waals surface area contributed by atoms with Crippen LogP contribution in [-0.2, 0) is 6.54 Å². The molecule has 0 fully saturated rings. The fourth-order valence-corrected chi connectivity index (χ4v) is 0.962. The summed E-state index contributed by atoms with van der Waals surface area (Å²) >= 11 is 5.47. The first-order valence-corrected chi connectivity index (χ1v) is 4.16. The number of nitrogens with two attached hydrogens (primary N) is 1. The number of halogens is 1. The van der Waals surface area contributed by atoms with E-state index in [2.05, 4.69) is 4.98 Å². The maximum Gasteiger partial charge on any atom is 0.349 e. The SMILES string of the molecule is Nc1ccn(CCCCl)c(=O)n1. The van der Waals surface area contributed by atoms with Crippen LogP contribution in [-0.4, -0.2) is 15.4 Å². The van der Waals surface area contributed by atoms with Gasteiger partial charge in [-0.1, -0.05) is 0 Å². The van der Waals surface area contributed by atoms with Gasteiger partial charge in [-0.15, -0.1) is 11.6 Å². The van der Waals surface area contributed by atoms with Gasteiger partial charge in [0.1, 0.15) is 5.82 Å². The first-order valence-electron chi connectivity index (χ1n) is 3.63. The summed E-state index contributed by atoms with van der Waals surface area (Å²) in [5.74, 6) is 0.790. The molecule has 0 aromatic carbocycles. The molecule has 1 rings (SSSR count). The number of aromatic nitrogens is 2. The number of nitrogens with zero attached hydrogens (tertiary/aromatic N) is 2. The molecular weight excluding hydrogens is 178 g/mol. The summed E-state index contributed by atoms with van der Waals surface area (Å²) in [6, 6.07) is 1.59. The van der Waals surface area contributed by atoms with Gasteiger partial charge in [-0.25, -0.2) is 4.79 Å². The lowest BCUT2D eigenvalue weighted by molar-refractivity contribution is 0.639. The van der Waals surface area contributed by atoms with Crippen molar-refractivity contribution in [3.05, 3.63) is 22.7 Å². The molecule has 4 nitrogen and oxygen atoms in total. The molecule has 12 heavy (non-hydrogen) atoms. The molecule has 0 atom stereocenters. The van der Waals surface area contributed by atoms with Crippen molar-refractivity contribution in [1.29, 1.82) is 0 Å². The Hall–Kier alpha value is -1.03. The highest BCUT2D eigenvalue weighted by Crippen LogP contribution is 1.92. The van der Waals surface area contributed by atoms with E-state index in [9.17, 15) is 4.79 Å². The van der Waals surface area contributed by atoms with Gasteiger partial charge in [0.05, 0.1) is 0 Å². The number of hydrogen-bond acceptors (Lipinski definition) is 3. The van der Waals surface area contributed by atoms with Crippen molar-refractivity contribution in [2.75, 3.05) is 11.6 Å². The Morgan fingerprint density at radius 1 is 1.67 bits per heavy atom. The molecule has 0 saturated heterocycles. The van der Waals surface area contributed by atoms with E-state index in [1.54, 1.807) is 12.3 Å². The molecule has 0 spiro atoms. The lowest BCUT2D eigenvalue weighted by Crippen LogP contribution is -2.23. The average Bonchev–Trinajstić information content (AvgIpc) is 2.03. The summed E-state index contributed by atoms with van der Waals surface area (Å²) in [4.78, 5) is 14.6. The van der Waals surface area contributed by atoms with Crippen LogP contribution in [0.15, 0.2) is 17.1 Å². The molecule has 1 aromatic rings. The maximum absolute atomic E-state index is 11.1. The molecule has 0 aliphatic rings. The lowest BCUT2D eigenvalue weighted by Gasteiger charge is -2.01. The molecule has 0 radical (unpaired) electrons. The smallest absolute Gasteiger partial charge is 0.349 e. The van der Waals surface area contributed by atoms with Crippen LogP contribution in [0.25, 0.3) is 0 Å². The first-order chi connectivity index (χ1) is 5.74. The van der Waals surface area contributed by atoms with E-state index < -0.39 is 0 Å². The van der Waals surface area contributed by atoms with Crippen molar-refractivity contribution in [3.63, 3.8) is 0 Å². The standard InChI is InChI=1S/C7H10ClN3O/c8-3-1-4-11-5-2-6(9)10-7(11)12/h2,5H,1,3-4H2,(H2,9,10,12). The van der Waals surface area contributed by atoms with Crippen LogP contribution >= 0.6 is 11.6 Å². The second-order valence-electron chi connectivity index (χ2n) is 2.37. The Morgan fingerprint density at radius 2 is 2.42 bits per heavy atom. The molecule has 0 aliphatic heterocycles. The topological polar surface area (TPSA) is 60.9 Å². The number of aryl methyl sites for hydroxylation is 1. The van der Waals surface area contributed by atoms with Crippen LogP contribution in [0.1, 0.15) is 6.42 Å². The van der Waals surface area contributed by atoms with E-state index in [4.69, 9.17) is 17.3 Å². The summed E-state index contributed by atoms with van der Waals surface area (Å²) in [5.41, 5.74) is 4.99. The summed E-state index contributed by atoms with van der Waals surface area (Å²) in [7, 11) is 0. The predicted molar refractivity (Wildman–Crippen MR) is 48.2 cm³/mol. The van der Waals surface area contributed by atoms with Gasteiger partial charge in [-0.05, 0) is 12.5 Å². The van der Waals surface area contributed by atoms with Gasteiger partial charge in [-0.2, -0.15) is 4.98 Å². The van der Waals surface area contributed by atoms with Gasteiger partial charge in [0.2, 0.25) is 0 Å². The molecule has 5 heteroatoms. The molecule has 0 saturated carbocycles. The number of nitrogen functional groups attached to an aromatic ring is 1. The van der Waals surface area contributed by atoms with Crippen LogP contribution in [0.4, 0.5) is 5.82 Å². The van der Waals surface area contributed by atoms with E-state index in [1.807, 2.05) is 0 Å². The number of hydrogen-bond donors (Lipinski definition) is 1. The van der Waals surface area contributed by atoms with E-state index in [1.165, 1.54) is 4.57 Å². The van der Waals surface area contributed by atoms with Gasteiger partial charge in [-0.3, -0.25) is 4.57 Å². The number of rotatable bonds is 3. The Bertz CT molecular complexity index is 310. The first kappa shape index (κ1) is 9.06. The molecule has 66 valence electrons. The Kier molecular flexibility index (Phi) is 3.10. The molecule has 0 aliphatic carbocycles. The fraction of sp³-hybridized carbons (Fsp3) is 0.429. The fourth-order valence-electron chi connectivity index (χ4n) is 0.842. The molecular formula is C7H10ClN3O. The minimum Gasteiger partial charge on any atom is -0.383 e. The van der Waals surface area contributed by atoms with E-state index in [0.717, 1.165) is 6.42 Å². The highest BCUT2D eigenvalue weighted by atomic mass is 35.5. The van der Waals surface area contributed by atoms with Crippen molar-refractivity contribution in [3.8, 4) is 0 Å². The van der Waals surface area contributed by atoms with Crippen LogP contribution in [0.3, 0.4) is 0 Å². The molecule has 2 N–H and O–H groups in total. The number of anilines is 1. The molecule has 0 amide bonds. The molecule has 0 bridgehead atoms. The molecule has 1 heterocycles. The second kappa shape index (κ2) is 4.11. The van der Waals surface area contributed by atoms with E-state index in [-0.39, 0.29) is 11.5 Å². The van der Waals surface area contributed by atoms with E-state index >= 15 is 0 Å². The van der Waals surface area contributed by atoms with Gasteiger partial charge in [0.25, 0.3) is 0 Å². The summed E-state index contributed by atoms with van der Waals surface area (Å²) < 4.78 is 1.48. The van der Waals surface area contributed by atoms with Crippen LogP contribution < -0.4 is 11.4 Å². The second-order valence-corrected chi connectivity index (χ2v) is 2.75. The highest BCUT2D eigenvalue weighted by molar-refractivity contribution is 6.17. The number of alkyl halides is 1. The summed E-state index contributed by atoms with van der Waals surface area (Å²) in [5, 5.41) is 0. The largest absolute Gasteiger partial charge is 0.383 e. The van der Waals surface area contributed by atoms with Crippen molar-refractivity contribution in [1.82, 2.24) is 9.55 Å². The van der Waals surface area contributed by atoms with Crippen LogP contribution in [0.2, 0.25) is 0 Å². The minimum absolute atomic E-state index is 0.252. The predicted octanol–water partition coefficient (Wildman–Crippen LogP) is 0.454. The summed E-state index contributed by atoms with van der Waals surface area (Å²) in [6.07, 6.45) is 2.38. The van der Waals surface area contributed by atoms with Crippen LogP contribution in [0.5, 0.6) is 0 Å². The quantitative estimate of drug-likeness (QED) is 0.700. The zero-order valence-corrected chi connectivity index (χ0v) is 7.29. The third-order valence-corrected chi connectivity index (χ3v) is 1.70. The van der Waals surface area contributed by atoms with Crippen molar-refractivity contribution in [2.45, 2.75) is 13.0 Å². The normalized spacial score (nSPS) is 10.1. The van der Waals surface area contributed by atoms with Crippen molar-refractivity contribution >= 4 is 17.4 Å². The lowest BCUT2D eigenvalue weighted by atomic mass is 10.4.